The van der Waals surface area contributed by atoms with Crippen molar-refractivity contribution in [2.24, 2.45) is 0 Å². The first-order valence-corrected chi connectivity index (χ1v) is 12.3. The highest BCUT2D eigenvalue weighted by Gasteiger charge is 2.22. The number of aryl methyl sites for hydroxylation is 1. The number of rotatable bonds is 8. The molecular formula is C23H31N3O4S. The van der Waals surface area contributed by atoms with E-state index in [4.69, 9.17) is 4.74 Å². The third-order valence-corrected chi connectivity index (χ3v) is 6.68. The van der Waals surface area contributed by atoms with Crippen molar-refractivity contribution in [1.29, 1.82) is 0 Å². The molecular weight excluding hydrogens is 414 g/mol. The number of carbonyl (C=O) groups is 1. The number of sulfonamides is 1. The van der Waals surface area contributed by atoms with Gasteiger partial charge in [0.05, 0.1) is 25.2 Å². The monoisotopic (exact) mass is 445 g/mol. The van der Waals surface area contributed by atoms with Crippen molar-refractivity contribution in [3.63, 3.8) is 0 Å². The minimum absolute atomic E-state index is 0.252. The number of ether oxygens (including phenoxy) is 1. The Kier molecular flexibility index (Phi) is 7.69. The fourth-order valence-corrected chi connectivity index (χ4v) is 4.46. The van der Waals surface area contributed by atoms with E-state index in [1.807, 2.05) is 32.0 Å². The van der Waals surface area contributed by atoms with E-state index in [-0.39, 0.29) is 12.5 Å². The number of anilines is 1. The number of benzene rings is 2. The third-order valence-electron chi connectivity index (χ3n) is 5.55. The summed E-state index contributed by atoms with van der Waals surface area (Å²) < 4.78 is 31.2. The van der Waals surface area contributed by atoms with E-state index in [1.54, 1.807) is 12.1 Å². The molecule has 0 radical (unpaired) electrons. The highest BCUT2D eigenvalue weighted by molar-refractivity contribution is 7.92. The SMILES string of the molecule is Cc1cccc(N(CC(=O)NCc2ccc(CN3CCOCC3)cc2)S(C)(=O)=O)c1C. The smallest absolute Gasteiger partial charge is 0.241 e. The zero-order valence-electron chi connectivity index (χ0n) is 18.4. The van der Waals surface area contributed by atoms with Gasteiger partial charge in [0, 0.05) is 26.2 Å². The van der Waals surface area contributed by atoms with Gasteiger partial charge in [-0.1, -0.05) is 36.4 Å². The minimum atomic E-state index is -3.60. The molecule has 1 N–H and O–H groups in total. The summed E-state index contributed by atoms with van der Waals surface area (Å²) >= 11 is 0. The first kappa shape index (κ1) is 23.2. The highest BCUT2D eigenvalue weighted by atomic mass is 32.2. The number of hydrogen-bond donors (Lipinski definition) is 1. The zero-order chi connectivity index (χ0) is 22.4. The quantitative estimate of drug-likeness (QED) is 0.674. The van der Waals surface area contributed by atoms with E-state index in [9.17, 15) is 13.2 Å². The van der Waals surface area contributed by atoms with Crippen molar-refractivity contribution in [3.8, 4) is 0 Å². The van der Waals surface area contributed by atoms with Gasteiger partial charge in [0.1, 0.15) is 6.54 Å². The van der Waals surface area contributed by atoms with E-state index in [0.29, 0.717) is 12.2 Å². The summed E-state index contributed by atoms with van der Waals surface area (Å²) in [6.45, 7) is 8.19. The number of nitrogens with one attached hydrogen (secondary N) is 1. The lowest BCUT2D eigenvalue weighted by Gasteiger charge is -2.26. The second-order valence-corrected chi connectivity index (χ2v) is 9.88. The van der Waals surface area contributed by atoms with Crippen molar-refractivity contribution in [1.82, 2.24) is 10.2 Å². The van der Waals surface area contributed by atoms with Gasteiger partial charge in [0.25, 0.3) is 0 Å². The molecule has 1 fully saturated rings. The van der Waals surface area contributed by atoms with Gasteiger partial charge in [-0.2, -0.15) is 0 Å². The van der Waals surface area contributed by atoms with Crippen LogP contribution in [0.3, 0.4) is 0 Å². The van der Waals surface area contributed by atoms with Crippen LogP contribution in [0.25, 0.3) is 0 Å². The number of morpholine rings is 1. The van der Waals surface area contributed by atoms with Crippen LogP contribution in [0.4, 0.5) is 5.69 Å². The molecule has 0 atom stereocenters. The predicted octanol–water partition coefficient (Wildman–Crippen LogP) is 2.22. The number of hydrogen-bond acceptors (Lipinski definition) is 5. The molecule has 0 saturated carbocycles. The van der Waals surface area contributed by atoms with Crippen LogP contribution >= 0.6 is 0 Å². The molecule has 1 saturated heterocycles. The minimum Gasteiger partial charge on any atom is -0.379 e. The van der Waals surface area contributed by atoms with Crippen LogP contribution in [-0.4, -0.2) is 58.3 Å². The average molecular weight is 446 g/mol. The summed E-state index contributed by atoms with van der Waals surface area (Å²) in [6.07, 6.45) is 1.12. The molecule has 31 heavy (non-hydrogen) atoms. The second kappa shape index (κ2) is 10.3. The van der Waals surface area contributed by atoms with Gasteiger partial charge >= 0.3 is 0 Å². The second-order valence-electron chi connectivity index (χ2n) is 7.97. The van der Waals surface area contributed by atoms with Gasteiger partial charge in [0.15, 0.2) is 0 Å². The lowest BCUT2D eigenvalue weighted by Crippen LogP contribution is -2.40. The van der Waals surface area contributed by atoms with Gasteiger partial charge in [-0.3, -0.25) is 14.0 Å². The van der Waals surface area contributed by atoms with Crippen molar-refractivity contribution < 1.29 is 17.9 Å². The van der Waals surface area contributed by atoms with Gasteiger partial charge in [0.2, 0.25) is 15.9 Å². The van der Waals surface area contributed by atoms with E-state index in [1.165, 1.54) is 5.56 Å². The van der Waals surface area contributed by atoms with Gasteiger partial charge in [-0.25, -0.2) is 8.42 Å². The highest BCUT2D eigenvalue weighted by Crippen LogP contribution is 2.24. The Hall–Kier alpha value is -2.42. The Labute approximate surface area is 185 Å². The van der Waals surface area contributed by atoms with Crippen LogP contribution in [0.15, 0.2) is 42.5 Å². The molecule has 1 heterocycles. The predicted molar refractivity (Wildman–Crippen MR) is 122 cm³/mol. The summed E-state index contributed by atoms with van der Waals surface area (Å²) in [7, 11) is -3.60. The molecule has 0 aliphatic carbocycles. The fraction of sp³-hybridized carbons (Fsp3) is 0.435. The normalized spacial score (nSPS) is 14.9. The Morgan fingerprint density at radius 3 is 2.35 bits per heavy atom. The molecule has 0 aromatic heterocycles. The molecule has 8 heteroatoms. The molecule has 2 aromatic carbocycles. The zero-order valence-corrected chi connectivity index (χ0v) is 19.2. The Balaban J connectivity index is 1.58. The molecule has 0 spiro atoms. The van der Waals surface area contributed by atoms with Crippen molar-refractivity contribution in [2.75, 3.05) is 43.4 Å². The number of carbonyl (C=O) groups excluding carboxylic acids is 1. The molecule has 1 aliphatic rings. The maximum absolute atomic E-state index is 12.5. The van der Waals surface area contributed by atoms with Crippen molar-refractivity contribution in [3.05, 3.63) is 64.7 Å². The first-order chi connectivity index (χ1) is 14.7. The summed E-state index contributed by atoms with van der Waals surface area (Å²) in [4.78, 5) is 14.9. The van der Waals surface area contributed by atoms with Crippen LogP contribution in [0, 0.1) is 13.8 Å². The Morgan fingerprint density at radius 2 is 1.71 bits per heavy atom. The van der Waals surface area contributed by atoms with Crippen molar-refractivity contribution in [2.45, 2.75) is 26.9 Å². The average Bonchev–Trinajstić information content (AvgIpc) is 2.74. The summed E-state index contributed by atoms with van der Waals surface area (Å²) in [6, 6.07) is 13.6. The molecule has 1 amide bonds. The largest absolute Gasteiger partial charge is 0.379 e. The van der Waals surface area contributed by atoms with E-state index in [2.05, 4.69) is 22.3 Å². The van der Waals surface area contributed by atoms with Gasteiger partial charge in [-0.05, 0) is 42.2 Å². The molecule has 7 nitrogen and oxygen atoms in total. The molecule has 3 rings (SSSR count). The summed E-state index contributed by atoms with van der Waals surface area (Å²) in [5.41, 5.74) is 4.54. The Bertz CT molecular complexity index is 1000. The van der Waals surface area contributed by atoms with Crippen LogP contribution in [0.2, 0.25) is 0 Å². The first-order valence-electron chi connectivity index (χ1n) is 10.4. The summed E-state index contributed by atoms with van der Waals surface area (Å²) in [5.74, 6) is -0.344. The molecule has 0 unspecified atom stereocenters. The van der Waals surface area contributed by atoms with Crippen LogP contribution < -0.4 is 9.62 Å². The molecule has 2 aromatic rings. The lowest BCUT2D eigenvalue weighted by atomic mass is 10.1. The standard InChI is InChI=1S/C23H31N3O4S/c1-18-5-4-6-22(19(18)2)26(31(3,28)29)17-23(27)24-15-20-7-9-21(10-8-20)16-25-11-13-30-14-12-25/h4-10H,11-17H2,1-3H3,(H,24,27). The van der Waals surface area contributed by atoms with Crippen LogP contribution in [-0.2, 0) is 32.6 Å². The van der Waals surface area contributed by atoms with Crippen molar-refractivity contribution >= 4 is 21.6 Å². The summed E-state index contributed by atoms with van der Waals surface area (Å²) in [5, 5.41) is 2.83. The molecule has 168 valence electrons. The topological polar surface area (TPSA) is 79.0 Å². The third kappa shape index (κ3) is 6.53. The molecule has 0 bridgehead atoms. The maximum Gasteiger partial charge on any atom is 0.241 e. The van der Waals surface area contributed by atoms with Crippen LogP contribution in [0.5, 0.6) is 0 Å². The Morgan fingerprint density at radius 1 is 1.06 bits per heavy atom. The van der Waals surface area contributed by atoms with Crippen LogP contribution in [0.1, 0.15) is 22.3 Å². The fourth-order valence-electron chi connectivity index (χ4n) is 3.55. The molecule has 1 aliphatic heterocycles. The maximum atomic E-state index is 12.5. The number of amides is 1. The van der Waals surface area contributed by atoms with Gasteiger partial charge in [-0.15, -0.1) is 0 Å². The number of nitrogens with zero attached hydrogens (tertiary/aromatic N) is 2. The van der Waals surface area contributed by atoms with Gasteiger partial charge < -0.3 is 10.1 Å². The lowest BCUT2D eigenvalue weighted by molar-refractivity contribution is -0.119. The van der Waals surface area contributed by atoms with E-state index < -0.39 is 10.0 Å². The van der Waals surface area contributed by atoms with E-state index >= 15 is 0 Å². The van der Waals surface area contributed by atoms with E-state index in [0.717, 1.165) is 60.1 Å².